The average Bonchev–Trinajstić information content (AvgIpc) is 3.29. The standard InChI is InChI=1S/C17H15FN2/c18-15-4-7-17(13-3-1-2-12(8-13)10-19)14(9-15)11-20-16-5-6-16/h1-4,7-9,16,20H,5-6,11H2. The summed E-state index contributed by atoms with van der Waals surface area (Å²) >= 11 is 0. The number of nitrogens with one attached hydrogen (secondary N) is 1. The molecule has 0 aliphatic heterocycles. The van der Waals surface area contributed by atoms with Gasteiger partial charge in [-0.05, 0) is 53.8 Å². The summed E-state index contributed by atoms with van der Waals surface area (Å²) in [5.74, 6) is -0.224. The van der Waals surface area contributed by atoms with Crippen LogP contribution in [0.5, 0.6) is 0 Å². The smallest absolute Gasteiger partial charge is 0.123 e. The zero-order valence-electron chi connectivity index (χ0n) is 11.1. The van der Waals surface area contributed by atoms with E-state index >= 15 is 0 Å². The number of nitriles is 1. The molecule has 1 N–H and O–H groups in total. The lowest BCUT2D eigenvalue weighted by Crippen LogP contribution is -2.16. The fourth-order valence-corrected chi connectivity index (χ4v) is 2.29. The number of halogens is 1. The molecule has 3 rings (SSSR count). The molecule has 0 atom stereocenters. The Hall–Kier alpha value is -2.18. The third kappa shape index (κ3) is 2.87. The fraction of sp³-hybridized carbons (Fsp3) is 0.235. The largest absolute Gasteiger partial charge is 0.310 e. The molecule has 0 spiro atoms. The molecule has 3 heteroatoms. The van der Waals surface area contributed by atoms with Gasteiger partial charge in [-0.2, -0.15) is 5.26 Å². The lowest BCUT2D eigenvalue weighted by molar-refractivity contribution is 0.620. The van der Waals surface area contributed by atoms with E-state index in [9.17, 15) is 4.39 Å². The first-order valence-electron chi connectivity index (χ1n) is 6.78. The van der Waals surface area contributed by atoms with Crippen molar-refractivity contribution in [1.82, 2.24) is 5.32 Å². The highest BCUT2D eigenvalue weighted by Gasteiger charge is 2.20. The van der Waals surface area contributed by atoms with Crippen molar-refractivity contribution in [2.75, 3.05) is 0 Å². The van der Waals surface area contributed by atoms with Crippen molar-refractivity contribution in [3.8, 4) is 17.2 Å². The maximum atomic E-state index is 13.5. The van der Waals surface area contributed by atoms with Gasteiger partial charge in [0.1, 0.15) is 5.82 Å². The average molecular weight is 266 g/mol. The summed E-state index contributed by atoms with van der Waals surface area (Å²) in [6.45, 7) is 0.661. The molecule has 2 aromatic rings. The van der Waals surface area contributed by atoms with E-state index in [0.29, 0.717) is 18.2 Å². The number of hydrogen-bond acceptors (Lipinski definition) is 2. The molecular formula is C17H15FN2. The van der Waals surface area contributed by atoms with Crippen molar-refractivity contribution in [1.29, 1.82) is 5.26 Å². The van der Waals surface area contributed by atoms with Crippen LogP contribution in [0.15, 0.2) is 42.5 Å². The number of benzene rings is 2. The van der Waals surface area contributed by atoms with Crippen molar-refractivity contribution in [2.45, 2.75) is 25.4 Å². The highest BCUT2D eigenvalue weighted by Crippen LogP contribution is 2.27. The van der Waals surface area contributed by atoms with Crippen molar-refractivity contribution >= 4 is 0 Å². The van der Waals surface area contributed by atoms with Crippen molar-refractivity contribution in [3.63, 3.8) is 0 Å². The summed E-state index contributed by atoms with van der Waals surface area (Å²) in [5.41, 5.74) is 3.49. The zero-order valence-corrected chi connectivity index (χ0v) is 11.1. The Bertz CT molecular complexity index is 669. The Morgan fingerprint density at radius 1 is 1.20 bits per heavy atom. The van der Waals surface area contributed by atoms with Crippen LogP contribution in [-0.4, -0.2) is 6.04 Å². The quantitative estimate of drug-likeness (QED) is 0.917. The summed E-state index contributed by atoms with van der Waals surface area (Å²) < 4.78 is 13.5. The minimum Gasteiger partial charge on any atom is -0.310 e. The Morgan fingerprint density at radius 3 is 2.80 bits per heavy atom. The lowest BCUT2D eigenvalue weighted by Gasteiger charge is -2.11. The number of rotatable bonds is 4. The van der Waals surface area contributed by atoms with Crippen LogP contribution in [0, 0.1) is 17.1 Å². The van der Waals surface area contributed by atoms with E-state index in [4.69, 9.17) is 5.26 Å². The van der Waals surface area contributed by atoms with Gasteiger partial charge in [-0.25, -0.2) is 4.39 Å². The minimum atomic E-state index is -0.224. The van der Waals surface area contributed by atoms with E-state index in [1.54, 1.807) is 18.2 Å². The monoisotopic (exact) mass is 266 g/mol. The third-order valence-electron chi connectivity index (χ3n) is 3.53. The van der Waals surface area contributed by atoms with Gasteiger partial charge in [-0.3, -0.25) is 0 Å². The van der Waals surface area contributed by atoms with Gasteiger partial charge in [0, 0.05) is 12.6 Å². The predicted molar refractivity (Wildman–Crippen MR) is 76.4 cm³/mol. The Morgan fingerprint density at radius 2 is 2.05 bits per heavy atom. The van der Waals surface area contributed by atoms with Gasteiger partial charge in [-0.15, -0.1) is 0 Å². The Kier molecular flexibility index (Phi) is 3.49. The molecule has 1 fully saturated rings. The van der Waals surface area contributed by atoms with Crippen molar-refractivity contribution in [2.24, 2.45) is 0 Å². The van der Waals surface area contributed by atoms with Crippen molar-refractivity contribution in [3.05, 3.63) is 59.4 Å². The maximum Gasteiger partial charge on any atom is 0.123 e. The third-order valence-corrected chi connectivity index (χ3v) is 3.53. The van der Waals surface area contributed by atoms with E-state index < -0.39 is 0 Å². The van der Waals surface area contributed by atoms with Crippen LogP contribution in [0.4, 0.5) is 4.39 Å². The van der Waals surface area contributed by atoms with Gasteiger partial charge in [-0.1, -0.05) is 18.2 Å². The van der Waals surface area contributed by atoms with Gasteiger partial charge < -0.3 is 5.32 Å². The highest BCUT2D eigenvalue weighted by molar-refractivity contribution is 5.68. The van der Waals surface area contributed by atoms with Crippen LogP contribution in [0.3, 0.4) is 0 Å². The number of nitrogens with zero attached hydrogens (tertiary/aromatic N) is 1. The molecule has 20 heavy (non-hydrogen) atoms. The summed E-state index contributed by atoms with van der Waals surface area (Å²) in [7, 11) is 0. The molecule has 1 saturated carbocycles. The first-order chi connectivity index (χ1) is 9.76. The molecule has 0 heterocycles. The van der Waals surface area contributed by atoms with Gasteiger partial charge in [0.25, 0.3) is 0 Å². The molecule has 1 aliphatic carbocycles. The topological polar surface area (TPSA) is 35.8 Å². The summed E-state index contributed by atoms with van der Waals surface area (Å²) in [4.78, 5) is 0. The normalized spacial score (nSPS) is 14.0. The lowest BCUT2D eigenvalue weighted by atomic mass is 9.98. The fourth-order valence-electron chi connectivity index (χ4n) is 2.29. The first-order valence-corrected chi connectivity index (χ1v) is 6.78. The number of hydrogen-bond donors (Lipinski definition) is 1. The van der Waals surface area contributed by atoms with E-state index in [1.165, 1.54) is 18.9 Å². The van der Waals surface area contributed by atoms with Gasteiger partial charge in [0.05, 0.1) is 11.6 Å². The van der Waals surface area contributed by atoms with Gasteiger partial charge >= 0.3 is 0 Å². The molecule has 0 saturated heterocycles. The minimum absolute atomic E-state index is 0.224. The van der Waals surface area contributed by atoms with E-state index in [0.717, 1.165) is 16.7 Å². The second-order valence-corrected chi connectivity index (χ2v) is 5.15. The molecule has 2 aromatic carbocycles. The summed E-state index contributed by atoms with van der Waals surface area (Å²) in [6, 6.07) is 15.0. The second kappa shape index (κ2) is 5.44. The SMILES string of the molecule is N#Cc1cccc(-c2ccc(F)cc2CNC2CC2)c1. The maximum absolute atomic E-state index is 13.5. The van der Waals surface area contributed by atoms with E-state index in [2.05, 4.69) is 11.4 Å². The molecule has 100 valence electrons. The van der Waals surface area contributed by atoms with Crippen LogP contribution in [-0.2, 0) is 6.54 Å². The summed E-state index contributed by atoms with van der Waals surface area (Å²) in [6.07, 6.45) is 2.41. The molecule has 1 aliphatic rings. The zero-order chi connectivity index (χ0) is 13.9. The van der Waals surface area contributed by atoms with E-state index in [-0.39, 0.29) is 5.82 Å². The molecule has 0 bridgehead atoms. The molecule has 0 unspecified atom stereocenters. The van der Waals surface area contributed by atoms with Crippen LogP contribution >= 0.6 is 0 Å². The molecule has 2 nitrogen and oxygen atoms in total. The van der Waals surface area contributed by atoms with Crippen LogP contribution in [0.25, 0.3) is 11.1 Å². The highest BCUT2D eigenvalue weighted by atomic mass is 19.1. The Labute approximate surface area is 117 Å². The molecule has 0 radical (unpaired) electrons. The van der Waals surface area contributed by atoms with Crippen molar-refractivity contribution < 1.29 is 4.39 Å². The predicted octanol–water partition coefficient (Wildman–Crippen LogP) is 3.62. The first kappa shape index (κ1) is 12.8. The molecule has 0 amide bonds. The van der Waals surface area contributed by atoms with Gasteiger partial charge in [0.2, 0.25) is 0 Å². The van der Waals surface area contributed by atoms with Crippen LogP contribution in [0.1, 0.15) is 24.0 Å². The molecule has 0 aromatic heterocycles. The second-order valence-electron chi connectivity index (χ2n) is 5.15. The van der Waals surface area contributed by atoms with Crippen LogP contribution in [0.2, 0.25) is 0 Å². The Balaban J connectivity index is 1.95. The van der Waals surface area contributed by atoms with Crippen LogP contribution < -0.4 is 5.32 Å². The molecular weight excluding hydrogens is 251 g/mol. The van der Waals surface area contributed by atoms with Gasteiger partial charge in [0.15, 0.2) is 0 Å². The summed E-state index contributed by atoms with van der Waals surface area (Å²) in [5, 5.41) is 12.4. The van der Waals surface area contributed by atoms with E-state index in [1.807, 2.05) is 18.2 Å².